The molecule has 3 heterocycles. The van der Waals surface area contributed by atoms with Crippen molar-refractivity contribution in [3.05, 3.63) is 582 Å². The van der Waals surface area contributed by atoms with Gasteiger partial charge < -0.3 is 28.4 Å². The molecule has 0 saturated heterocycles. The second-order valence-corrected chi connectivity index (χ2v) is 38.8. The van der Waals surface area contributed by atoms with E-state index < -0.39 is 0 Å². The van der Waals surface area contributed by atoms with Crippen LogP contribution in [0.5, 0.6) is 0 Å². The Labute approximate surface area is 868 Å². The summed E-state index contributed by atoms with van der Waals surface area (Å²) in [7, 11) is 0. The third-order valence-electron chi connectivity index (χ3n) is 30.4. The minimum Gasteiger partial charge on any atom is -0.311 e. The van der Waals surface area contributed by atoms with Crippen molar-refractivity contribution >= 4 is 214 Å². The molecule has 0 amide bonds. The van der Waals surface area contributed by atoms with Gasteiger partial charge in [-0.2, -0.15) is 0 Å². The Kier molecular flexibility index (Phi) is 21.9. The van der Waals surface area contributed by atoms with Gasteiger partial charge in [0, 0.05) is 122 Å². The van der Waals surface area contributed by atoms with Gasteiger partial charge in [0.15, 0.2) is 0 Å². The van der Waals surface area contributed by atoms with Crippen LogP contribution in [0.25, 0.3) is 213 Å². The van der Waals surface area contributed by atoms with Crippen molar-refractivity contribution in [2.45, 2.75) is 0 Å². The fourth-order valence-electron chi connectivity index (χ4n) is 23.7. The second kappa shape index (κ2) is 37.4. The van der Waals surface area contributed by atoms with Crippen molar-refractivity contribution in [3.63, 3.8) is 0 Å². The quantitative estimate of drug-likeness (QED) is 0.0956. The van der Waals surface area contributed by atoms with Crippen molar-refractivity contribution < 1.29 is 0 Å². The number of aromatic nitrogens is 3. The maximum absolute atomic E-state index is 2.51. The van der Waals surface area contributed by atoms with Crippen molar-refractivity contribution in [2.24, 2.45) is 0 Å². The highest BCUT2D eigenvalue weighted by Crippen LogP contribution is 2.52. The zero-order chi connectivity index (χ0) is 99.1. The number of anilines is 9. The maximum atomic E-state index is 2.51. The number of para-hydroxylation sites is 3. The predicted molar refractivity (Wildman–Crippen MR) is 640 cm³/mol. The molecule has 3 aromatic heterocycles. The highest BCUT2D eigenvalue weighted by molar-refractivity contribution is 6.38. The van der Waals surface area contributed by atoms with Gasteiger partial charge in [-0.05, 0) is 273 Å². The average Bonchev–Trinajstić information content (AvgIpc) is 1.55. The summed E-state index contributed by atoms with van der Waals surface area (Å²) in [4.78, 5) is 7.00. The first-order valence-electron chi connectivity index (χ1n) is 51.6. The molecule has 0 radical (unpaired) electrons. The lowest BCUT2D eigenvalue weighted by Gasteiger charge is -2.26. The Hall–Kier alpha value is -19.9. The summed E-state index contributed by atoms with van der Waals surface area (Å²) in [5.41, 5.74) is 28.1. The van der Waals surface area contributed by atoms with E-state index in [0.29, 0.717) is 0 Å². The molecular weight excluding hydrogens is 1810 g/mol. The van der Waals surface area contributed by atoms with Crippen molar-refractivity contribution in [1.82, 2.24) is 13.7 Å². The number of nitrogens with zero attached hydrogens (tertiary/aromatic N) is 6. The molecule has 0 saturated carbocycles. The van der Waals surface area contributed by atoms with E-state index in [0.717, 1.165) is 68.2 Å². The minimum atomic E-state index is 1.10. The molecule has 150 heavy (non-hydrogen) atoms. The summed E-state index contributed by atoms with van der Waals surface area (Å²) in [5, 5.41) is 30.6. The molecule has 0 atom stereocenters. The largest absolute Gasteiger partial charge is 0.311 e. The van der Waals surface area contributed by atoms with E-state index in [1.165, 1.54) is 196 Å². The van der Waals surface area contributed by atoms with Crippen LogP contribution in [0.2, 0.25) is 0 Å². The number of hydrogen-bond acceptors (Lipinski definition) is 3. The van der Waals surface area contributed by atoms with Gasteiger partial charge in [0.2, 0.25) is 0 Å². The topological polar surface area (TPSA) is 24.5 Å². The van der Waals surface area contributed by atoms with Crippen molar-refractivity contribution in [1.29, 1.82) is 0 Å². The van der Waals surface area contributed by atoms with E-state index in [1.54, 1.807) is 0 Å². The highest BCUT2D eigenvalue weighted by Gasteiger charge is 2.28. The summed E-state index contributed by atoms with van der Waals surface area (Å²) >= 11 is 0. The fraction of sp³-hybridized carbons (Fsp3) is 0. The maximum Gasteiger partial charge on any atom is 0.0626 e. The van der Waals surface area contributed by atoms with Gasteiger partial charge in [-0.1, -0.05) is 419 Å². The normalized spacial score (nSPS) is 11.6. The molecule has 6 nitrogen and oxygen atoms in total. The van der Waals surface area contributed by atoms with Gasteiger partial charge in [-0.15, -0.1) is 0 Å². The van der Waals surface area contributed by atoms with Crippen LogP contribution < -0.4 is 14.7 Å². The van der Waals surface area contributed by atoms with E-state index in [1.807, 2.05) is 0 Å². The van der Waals surface area contributed by atoms with Crippen molar-refractivity contribution in [2.75, 3.05) is 14.7 Å². The van der Waals surface area contributed by atoms with Crippen LogP contribution in [-0.2, 0) is 0 Å². The fourth-order valence-corrected chi connectivity index (χ4v) is 23.7. The summed E-state index contributed by atoms with van der Waals surface area (Å²) in [6.07, 6.45) is 0. The summed E-state index contributed by atoms with van der Waals surface area (Å²) < 4.78 is 7.47. The van der Waals surface area contributed by atoms with Gasteiger partial charge >= 0.3 is 0 Å². The minimum absolute atomic E-state index is 1.10. The van der Waals surface area contributed by atoms with E-state index in [2.05, 4.69) is 611 Å². The third-order valence-corrected chi connectivity index (χ3v) is 30.4. The predicted octanol–water partition coefficient (Wildman–Crippen LogP) is 40.1. The zero-order valence-corrected chi connectivity index (χ0v) is 82.1. The summed E-state index contributed by atoms with van der Waals surface area (Å²) in [5.74, 6) is 0. The van der Waals surface area contributed by atoms with Crippen LogP contribution in [0.1, 0.15) is 0 Å². The van der Waals surface area contributed by atoms with Gasteiger partial charge in [0.1, 0.15) is 0 Å². The lowest BCUT2D eigenvalue weighted by atomic mass is 9.95. The lowest BCUT2D eigenvalue weighted by molar-refractivity contribution is 1.18. The monoisotopic (exact) mass is 1910 g/mol. The summed E-state index contributed by atoms with van der Waals surface area (Å²) in [6.45, 7) is 0. The Bertz CT molecular complexity index is 10100. The second-order valence-electron chi connectivity index (χ2n) is 38.8. The van der Waals surface area contributed by atoms with Gasteiger partial charge in [-0.25, -0.2) is 0 Å². The lowest BCUT2D eigenvalue weighted by Crippen LogP contribution is -2.10. The Balaban J connectivity index is 0.000000108. The standard InChI is InChI=1S/3C48H32N2/c1-3-13-33(14-4-1)34-23-25-38(26-24-34)49(37-17-5-2-6-18-37)39-27-29-40(30-28-39)50-46-32-36-16-8-7-15-35(36)31-45(46)47-43-21-11-9-19-41(43)42-20-10-12-22-44(42)48(47)50;1-3-13-33(14-4-1)34-23-26-37(27-24-34)49(36-16-5-2-6-17-36)38-28-30-39(31-29-38)50-47-40-18-8-7-15-35(40)25-32-45(47)46-43-21-11-9-19-41(43)42-20-10-12-22-44(42)48(46)50;1-3-13-33(14-4-1)34-23-26-37(27-24-34)49(36-16-5-2-6-17-36)38-28-30-39(31-29-38)50-45-32-25-35-15-7-8-18-40(35)46(45)47-43-21-11-9-19-41(43)42-20-10-12-22-44(42)48(47)50/h3*1-32H. The molecule has 6 heteroatoms. The first-order valence-corrected chi connectivity index (χ1v) is 51.6. The van der Waals surface area contributed by atoms with Crippen LogP contribution in [-0.4, -0.2) is 13.7 Å². The smallest absolute Gasteiger partial charge is 0.0626 e. The molecule has 0 aliphatic rings. The third kappa shape index (κ3) is 15.2. The number of hydrogen-bond donors (Lipinski definition) is 0. The Morgan fingerprint density at radius 1 is 0.113 bits per heavy atom. The molecule has 0 aliphatic carbocycles. The van der Waals surface area contributed by atoms with Crippen LogP contribution in [0, 0.1) is 0 Å². The summed E-state index contributed by atoms with van der Waals surface area (Å²) in [6, 6.07) is 211. The Morgan fingerprint density at radius 2 is 0.353 bits per heavy atom. The SMILES string of the molecule is c1ccc(-c2ccc(N(c3ccccc3)c3ccc(-n4c5c6ccccc6ccc5c5c6ccccc6c6ccccc6c54)cc3)cc2)cc1.c1ccc(-c2ccc(N(c3ccccc3)c3ccc(-n4c5cc6ccccc6cc5c5c6ccccc6c6ccccc6c54)cc3)cc2)cc1.c1ccc(-c2ccc(N(c3ccccc3)c3ccc(-n4c5ccc6ccccc6c5c5c6ccccc6c6ccccc6c54)cc3)cc2)cc1. The van der Waals surface area contributed by atoms with E-state index >= 15 is 0 Å². The molecule has 702 valence electrons. The van der Waals surface area contributed by atoms with Crippen molar-refractivity contribution in [3.8, 4) is 50.4 Å². The van der Waals surface area contributed by atoms with E-state index in [9.17, 15) is 0 Å². The first kappa shape index (κ1) is 87.8. The molecule has 0 aliphatic heterocycles. The molecule has 27 aromatic carbocycles. The van der Waals surface area contributed by atoms with Crippen LogP contribution in [0.4, 0.5) is 51.2 Å². The molecule has 0 bridgehead atoms. The van der Waals surface area contributed by atoms with Crippen LogP contribution in [0.3, 0.4) is 0 Å². The molecule has 0 N–H and O–H groups in total. The zero-order valence-electron chi connectivity index (χ0n) is 82.1. The van der Waals surface area contributed by atoms with Gasteiger partial charge in [0.25, 0.3) is 0 Å². The average molecular weight is 1910 g/mol. The molecular formula is C144H96N6. The molecule has 30 aromatic rings. The number of rotatable bonds is 15. The molecule has 0 unspecified atom stereocenters. The highest BCUT2D eigenvalue weighted by atomic mass is 15.2. The van der Waals surface area contributed by atoms with E-state index in [4.69, 9.17) is 0 Å². The number of fused-ring (bicyclic) bond motifs is 29. The van der Waals surface area contributed by atoms with E-state index in [-0.39, 0.29) is 0 Å². The van der Waals surface area contributed by atoms with Crippen LogP contribution in [0.15, 0.2) is 582 Å². The van der Waals surface area contributed by atoms with Gasteiger partial charge in [-0.3, -0.25) is 0 Å². The molecule has 0 spiro atoms. The Morgan fingerprint density at radius 3 is 0.733 bits per heavy atom. The van der Waals surface area contributed by atoms with Crippen LogP contribution >= 0.6 is 0 Å². The molecule has 0 fully saturated rings. The molecule has 30 rings (SSSR count). The number of benzene rings is 27. The van der Waals surface area contributed by atoms with Gasteiger partial charge in [0.05, 0.1) is 33.1 Å². The first-order chi connectivity index (χ1) is 74.5.